The van der Waals surface area contributed by atoms with Crippen molar-refractivity contribution >= 4 is 11.3 Å². The van der Waals surface area contributed by atoms with E-state index in [9.17, 15) is 4.39 Å². The van der Waals surface area contributed by atoms with Gasteiger partial charge in [0.25, 0.3) is 0 Å². The molecule has 2 aromatic rings. The molecule has 0 aliphatic heterocycles. The van der Waals surface area contributed by atoms with Crippen LogP contribution < -0.4 is 0 Å². The molecule has 1 aromatic carbocycles. The smallest absolute Gasteiger partial charge is 0.123 e. The molecule has 1 aromatic heterocycles. The van der Waals surface area contributed by atoms with Gasteiger partial charge in [-0.3, -0.25) is 0 Å². The molecule has 0 fully saturated rings. The van der Waals surface area contributed by atoms with E-state index in [0.717, 1.165) is 5.56 Å². The summed E-state index contributed by atoms with van der Waals surface area (Å²) in [4.78, 5) is 2.53. The third kappa shape index (κ3) is 1.70. The van der Waals surface area contributed by atoms with Crippen molar-refractivity contribution < 1.29 is 4.39 Å². The minimum Gasteiger partial charge on any atom is -0.207 e. The first-order chi connectivity index (χ1) is 6.66. The molecule has 0 bridgehead atoms. The van der Waals surface area contributed by atoms with E-state index in [1.807, 2.05) is 12.1 Å². The predicted octanol–water partition coefficient (Wildman–Crippen LogP) is 4.17. The van der Waals surface area contributed by atoms with Crippen LogP contribution in [0.15, 0.2) is 30.3 Å². The zero-order valence-electron chi connectivity index (χ0n) is 8.17. The summed E-state index contributed by atoms with van der Waals surface area (Å²) in [6.45, 7) is 4.20. The molecule has 0 saturated carbocycles. The van der Waals surface area contributed by atoms with Crippen LogP contribution in [0, 0.1) is 19.7 Å². The first-order valence-corrected chi connectivity index (χ1v) is 5.31. The van der Waals surface area contributed by atoms with Crippen molar-refractivity contribution in [2.24, 2.45) is 0 Å². The molecule has 72 valence electrons. The Kier molecular flexibility index (Phi) is 2.38. The Bertz CT molecular complexity index is 420. The second kappa shape index (κ2) is 3.54. The molecule has 1 heterocycles. The summed E-state index contributed by atoms with van der Waals surface area (Å²) < 4.78 is 12.7. The van der Waals surface area contributed by atoms with Gasteiger partial charge in [0.1, 0.15) is 5.82 Å². The summed E-state index contributed by atoms with van der Waals surface area (Å²) in [5, 5.41) is 0. The number of hydrogen-bond donors (Lipinski definition) is 0. The summed E-state index contributed by atoms with van der Waals surface area (Å²) in [6.07, 6.45) is 0. The van der Waals surface area contributed by atoms with Gasteiger partial charge in [0.2, 0.25) is 0 Å². The second-order valence-corrected chi connectivity index (χ2v) is 4.61. The van der Waals surface area contributed by atoms with E-state index < -0.39 is 0 Å². The number of rotatable bonds is 1. The van der Waals surface area contributed by atoms with Crippen LogP contribution in [0.3, 0.4) is 0 Å². The lowest BCUT2D eigenvalue weighted by Gasteiger charge is -1.95. The Morgan fingerprint density at radius 2 is 1.71 bits per heavy atom. The fourth-order valence-corrected chi connectivity index (χ4v) is 2.37. The highest BCUT2D eigenvalue weighted by Crippen LogP contribution is 2.30. The molecule has 0 spiro atoms. The molecule has 2 heteroatoms. The first kappa shape index (κ1) is 9.41. The van der Waals surface area contributed by atoms with E-state index in [2.05, 4.69) is 19.9 Å². The maximum atomic E-state index is 12.7. The molecule has 0 aliphatic rings. The average Bonchev–Trinajstić information content (AvgIpc) is 2.48. The molecule has 0 N–H and O–H groups in total. The highest BCUT2D eigenvalue weighted by atomic mass is 32.1. The van der Waals surface area contributed by atoms with Gasteiger partial charge in [0.05, 0.1) is 0 Å². The van der Waals surface area contributed by atoms with Crippen LogP contribution in [-0.4, -0.2) is 0 Å². The third-order valence-electron chi connectivity index (χ3n) is 2.29. The maximum Gasteiger partial charge on any atom is 0.123 e. The Morgan fingerprint density at radius 1 is 1.07 bits per heavy atom. The van der Waals surface area contributed by atoms with E-state index in [-0.39, 0.29) is 5.82 Å². The number of aryl methyl sites for hydroxylation is 2. The van der Waals surface area contributed by atoms with Crippen LogP contribution in [0.25, 0.3) is 10.4 Å². The van der Waals surface area contributed by atoms with E-state index in [4.69, 9.17) is 0 Å². The van der Waals surface area contributed by atoms with Gasteiger partial charge in [-0.15, -0.1) is 11.3 Å². The second-order valence-electron chi connectivity index (χ2n) is 3.36. The number of benzene rings is 1. The predicted molar refractivity (Wildman–Crippen MR) is 59.2 cm³/mol. The van der Waals surface area contributed by atoms with Gasteiger partial charge in [-0.2, -0.15) is 0 Å². The molecule has 0 aliphatic carbocycles. The summed E-state index contributed by atoms with van der Waals surface area (Å²) in [6, 6.07) is 8.78. The van der Waals surface area contributed by atoms with E-state index in [1.165, 1.54) is 27.5 Å². The van der Waals surface area contributed by atoms with Crippen LogP contribution >= 0.6 is 11.3 Å². The topological polar surface area (TPSA) is 0 Å². The molecule has 0 saturated heterocycles. The summed E-state index contributed by atoms with van der Waals surface area (Å²) in [5.74, 6) is -0.182. The van der Waals surface area contributed by atoms with Crippen molar-refractivity contribution in [1.29, 1.82) is 0 Å². The molecular weight excluding hydrogens is 195 g/mol. The third-order valence-corrected chi connectivity index (χ3v) is 3.50. The number of thiophene rings is 1. The number of halogens is 1. The van der Waals surface area contributed by atoms with E-state index in [0.29, 0.717) is 0 Å². The number of hydrogen-bond acceptors (Lipinski definition) is 1. The lowest BCUT2D eigenvalue weighted by atomic mass is 10.1. The highest BCUT2D eigenvalue weighted by Gasteiger charge is 2.03. The maximum absolute atomic E-state index is 12.7. The molecular formula is C12H11FS. The SMILES string of the molecule is Cc1cc(-c2ccc(F)cc2)sc1C. The van der Waals surface area contributed by atoms with Crippen LogP contribution in [0.1, 0.15) is 10.4 Å². The van der Waals surface area contributed by atoms with Crippen LogP contribution in [0.2, 0.25) is 0 Å². The van der Waals surface area contributed by atoms with E-state index >= 15 is 0 Å². The molecule has 0 radical (unpaired) electrons. The normalized spacial score (nSPS) is 10.5. The monoisotopic (exact) mass is 206 g/mol. The van der Waals surface area contributed by atoms with Crippen molar-refractivity contribution in [3.8, 4) is 10.4 Å². The van der Waals surface area contributed by atoms with E-state index in [1.54, 1.807) is 11.3 Å². The Hall–Kier alpha value is -1.15. The first-order valence-electron chi connectivity index (χ1n) is 4.50. The van der Waals surface area contributed by atoms with Crippen LogP contribution in [0.5, 0.6) is 0 Å². The van der Waals surface area contributed by atoms with Gasteiger partial charge in [-0.25, -0.2) is 4.39 Å². The lowest BCUT2D eigenvalue weighted by Crippen LogP contribution is -1.74. The Morgan fingerprint density at radius 3 is 2.21 bits per heavy atom. The van der Waals surface area contributed by atoms with Crippen LogP contribution in [0.4, 0.5) is 4.39 Å². The van der Waals surface area contributed by atoms with Crippen molar-refractivity contribution in [3.63, 3.8) is 0 Å². The highest BCUT2D eigenvalue weighted by molar-refractivity contribution is 7.15. The van der Waals surface area contributed by atoms with Crippen molar-refractivity contribution in [1.82, 2.24) is 0 Å². The summed E-state index contributed by atoms with van der Waals surface area (Å²) in [5.41, 5.74) is 2.39. The van der Waals surface area contributed by atoms with Gasteiger partial charge in [0.15, 0.2) is 0 Å². The zero-order chi connectivity index (χ0) is 10.1. The largest absolute Gasteiger partial charge is 0.207 e. The van der Waals surface area contributed by atoms with Crippen molar-refractivity contribution in [3.05, 3.63) is 46.6 Å². The van der Waals surface area contributed by atoms with Gasteiger partial charge >= 0.3 is 0 Å². The van der Waals surface area contributed by atoms with Gasteiger partial charge in [0, 0.05) is 9.75 Å². The molecule has 0 unspecified atom stereocenters. The molecule has 14 heavy (non-hydrogen) atoms. The molecule has 0 amide bonds. The lowest BCUT2D eigenvalue weighted by molar-refractivity contribution is 0.628. The summed E-state index contributed by atoms with van der Waals surface area (Å²) >= 11 is 1.75. The van der Waals surface area contributed by atoms with Gasteiger partial charge in [-0.05, 0) is 43.2 Å². The summed E-state index contributed by atoms with van der Waals surface area (Å²) in [7, 11) is 0. The van der Waals surface area contributed by atoms with Gasteiger partial charge in [-0.1, -0.05) is 12.1 Å². The molecule has 2 rings (SSSR count). The molecule has 0 nitrogen and oxygen atoms in total. The van der Waals surface area contributed by atoms with Gasteiger partial charge < -0.3 is 0 Å². The Balaban J connectivity index is 2.44. The fourth-order valence-electron chi connectivity index (χ4n) is 1.33. The zero-order valence-corrected chi connectivity index (χ0v) is 8.99. The van der Waals surface area contributed by atoms with Crippen molar-refractivity contribution in [2.45, 2.75) is 13.8 Å². The Labute approximate surface area is 87.0 Å². The minimum atomic E-state index is -0.182. The quantitative estimate of drug-likeness (QED) is 0.657. The van der Waals surface area contributed by atoms with Crippen LogP contribution in [-0.2, 0) is 0 Å². The fraction of sp³-hybridized carbons (Fsp3) is 0.167. The molecule has 0 atom stereocenters. The standard InChI is InChI=1S/C12H11FS/c1-8-7-12(14-9(8)2)10-3-5-11(13)6-4-10/h3-7H,1-2H3. The minimum absolute atomic E-state index is 0.182. The average molecular weight is 206 g/mol. The van der Waals surface area contributed by atoms with Crippen molar-refractivity contribution in [2.75, 3.05) is 0 Å².